The van der Waals surface area contributed by atoms with E-state index in [1.807, 2.05) is 6.07 Å². The van der Waals surface area contributed by atoms with Crippen LogP contribution in [0.4, 0.5) is 0 Å². The number of rotatable bonds is 6. The molecule has 0 aromatic heterocycles. The van der Waals surface area contributed by atoms with Crippen LogP contribution in [0, 0.1) is 0 Å². The van der Waals surface area contributed by atoms with E-state index >= 15 is 0 Å². The average Bonchev–Trinajstić information content (AvgIpc) is 3.49. The van der Waals surface area contributed by atoms with Gasteiger partial charge in [-0.25, -0.2) is 0 Å². The molecule has 174 valence electrons. The molecule has 2 aliphatic carbocycles. The molecular formula is C33H30O2. The van der Waals surface area contributed by atoms with Crippen LogP contribution in [0.3, 0.4) is 0 Å². The standard InChI is InChI=1S/C33H30O2/c34-32(35)33(20-19-28-26(14-8-16-30(28)33)22-24-11-5-2-6-12-24)31-18-17-27-25(13-7-15-29(27)31)21-23-9-3-1-4-10-23/h1-16,31H,17-22H2,(H,34,35). The van der Waals surface area contributed by atoms with Gasteiger partial charge in [0.1, 0.15) is 5.41 Å². The highest BCUT2D eigenvalue weighted by Gasteiger charge is 2.53. The molecule has 0 aliphatic heterocycles. The Morgan fingerprint density at radius 1 is 0.714 bits per heavy atom. The molecule has 2 heteroatoms. The van der Waals surface area contributed by atoms with Crippen LogP contribution in [-0.4, -0.2) is 11.1 Å². The van der Waals surface area contributed by atoms with E-state index in [1.54, 1.807) is 0 Å². The van der Waals surface area contributed by atoms with Crippen molar-refractivity contribution in [2.24, 2.45) is 0 Å². The highest BCUT2D eigenvalue weighted by atomic mass is 16.4. The second-order valence-electron chi connectivity index (χ2n) is 10.1. The number of carboxylic acids is 1. The Labute approximate surface area is 207 Å². The third-order valence-electron chi connectivity index (χ3n) is 8.34. The van der Waals surface area contributed by atoms with Crippen molar-refractivity contribution in [1.82, 2.24) is 0 Å². The lowest BCUT2D eigenvalue weighted by molar-refractivity contribution is -0.145. The minimum atomic E-state index is -0.849. The van der Waals surface area contributed by atoms with Crippen molar-refractivity contribution < 1.29 is 9.90 Å². The van der Waals surface area contributed by atoms with Crippen LogP contribution in [0.5, 0.6) is 0 Å². The minimum Gasteiger partial charge on any atom is -0.481 e. The Morgan fingerprint density at radius 2 is 1.31 bits per heavy atom. The van der Waals surface area contributed by atoms with Gasteiger partial charge >= 0.3 is 5.97 Å². The zero-order chi connectivity index (χ0) is 23.8. The number of carboxylic acid groups (broad SMARTS) is 1. The summed E-state index contributed by atoms with van der Waals surface area (Å²) in [5.74, 6) is -0.654. The number of fused-ring (bicyclic) bond motifs is 2. The zero-order valence-corrected chi connectivity index (χ0v) is 19.9. The van der Waals surface area contributed by atoms with E-state index in [0.29, 0.717) is 6.42 Å². The van der Waals surface area contributed by atoms with Gasteiger partial charge in [-0.1, -0.05) is 97.1 Å². The summed E-state index contributed by atoms with van der Waals surface area (Å²) in [5.41, 5.74) is 9.26. The largest absolute Gasteiger partial charge is 0.481 e. The van der Waals surface area contributed by atoms with Gasteiger partial charge in [0.2, 0.25) is 0 Å². The fraction of sp³-hybridized carbons (Fsp3) is 0.242. The molecule has 0 spiro atoms. The summed E-state index contributed by atoms with van der Waals surface area (Å²) >= 11 is 0. The Kier molecular flexibility index (Phi) is 5.53. The molecule has 2 atom stereocenters. The highest BCUT2D eigenvalue weighted by Crippen LogP contribution is 2.54. The Bertz CT molecular complexity index is 1370. The SMILES string of the molecule is O=C(O)C1(C2CCc3c(Cc4ccccc4)cccc32)CCc2c(Cc3ccccc3)cccc21. The lowest BCUT2D eigenvalue weighted by Crippen LogP contribution is -2.39. The van der Waals surface area contributed by atoms with Crippen LogP contribution < -0.4 is 0 Å². The lowest BCUT2D eigenvalue weighted by Gasteiger charge is -2.33. The molecule has 4 aromatic carbocycles. The monoisotopic (exact) mass is 458 g/mol. The van der Waals surface area contributed by atoms with Gasteiger partial charge in [0.25, 0.3) is 0 Å². The molecule has 0 radical (unpaired) electrons. The second-order valence-corrected chi connectivity index (χ2v) is 10.1. The van der Waals surface area contributed by atoms with Gasteiger partial charge in [-0.3, -0.25) is 4.79 Å². The van der Waals surface area contributed by atoms with E-state index in [2.05, 4.69) is 91.0 Å². The third kappa shape index (κ3) is 3.69. The molecule has 6 rings (SSSR count). The molecule has 0 amide bonds. The first-order valence-corrected chi connectivity index (χ1v) is 12.7. The quantitative estimate of drug-likeness (QED) is 0.342. The second kappa shape index (κ2) is 8.85. The first kappa shape index (κ1) is 21.9. The van der Waals surface area contributed by atoms with Gasteiger partial charge in [-0.05, 0) is 83.0 Å². The first-order chi connectivity index (χ1) is 17.2. The summed E-state index contributed by atoms with van der Waals surface area (Å²) < 4.78 is 0. The maximum absolute atomic E-state index is 13.1. The van der Waals surface area contributed by atoms with Crippen molar-refractivity contribution >= 4 is 5.97 Å². The van der Waals surface area contributed by atoms with Crippen molar-refractivity contribution in [2.45, 2.75) is 49.9 Å². The van der Waals surface area contributed by atoms with E-state index in [4.69, 9.17) is 0 Å². The van der Waals surface area contributed by atoms with E-state index in [9.17, 15) is 9.90 Å². The number of hydrogen-bond acceptors (Lipinski definition) is 1. The molecule has 2 unspecified atom stereocenters. The maximum Gasteiger partial charge on any atom is 0.314 e. The van der Waals surface area contributed by atoms with Crippen molar-refractivity contribution in [2.75, 3.05) is 0 Å². The smallest absolute Gasteiger partial charge is 0.314 e. The van der Waals surface area contributed by atoms with Crippen LogP contribution in [0.2, 0.25) is 0 Å². The molecule has 1 N–H and O–H groups in total. The van der Waals surface area contributed by atoms with E-state index in [0.717, 1.165) is 37.7 Å². The zero-order valence-electron chi connectivity index (χ0n) is 19.9. The molecule has 35 heavy (non-hydrogen) atoms. The summed E-state index contributed by atoms with van der Waals surface area (Å²) in [4.78, 5) is 13.1. The molecule has 0 heterocycles. The van der Waals surface area contributed by atoms with E-state index in [-0.39, 0.29) is 5.92 Å². The summed E-state index contributed by atoms with van der Waals surface area (Å²) in [6.45, 7) is 0. The van der Waals surface area contributed by atoms with Gasteiger partial charge in [-0.2, -0.15) is 0 Å². The summed E-state index contributed by atoms with van der Waals surface area (Å²) in [7, 11) is 0. The van der Waals surface area contributed by atoms with Crippen LogP contribution in [0.1, 0.15) is 63.3 Å². The number of aliphatic carboxylic acids is 1. The van der Waals surface area contributed by atoms with Crippen LogP contribution >= 0.6 is 0 Å². The van der Waals surface area contributed by atoms with Gasteiger partial charge < -0.3 is 5.11 Å². The summed E-state index contributed by atoms with van der Waals surface area (Å²) in [5, 5.41) is 10.8. The van der Waals surface area contributed by atoms with Gasteiger partial charge in [-0.15, -0.1) is 0 Å². The Morgan fingerprint density at radius 3 is 1.94 bits per heavy atom. The van der Waals surface area contributed by atoms with Crippen LogP contribution in [0.15, 0.2) is 97.1 Å². The number of hydrogen-bond donors (Lipinski definition) is 1. The van der Waals surface area contributed by atoms with E-state index in [1.165, 1.54) is 38.9 Å². The fourth-order valence-corrected chi connectivity index (χ4v) is 6.74. The molecule has 0 fully saturated rings. The number of carbonyl (C=O) groups is 1. The highest BCUT2D eigenvalue weighted by molar-refractivity contribution is 5.85. The topological polar surface area (TPSA) is 37.3 Å². The molecule has 0 bridgehead atoms. The average molecular weight is 459 g/mol. The predicted molar refractivity (Wildman–Crippen MR) is 140 cm³/mol. The fourth-order valence-electron chi connectivity index (χ4n) is 6.74. The van der Waals surface area contributed by atoms with Crippen molar-refractivity contribution in [3.8, 4) is 0 Å². The molecule has 2 nitrogen and oxygen atoms in total. The molecule has 4 aromatic rings. The Hall–Kier alpha value is -3.65. The summed E-state index contributed by atoms with van der Waals surface area (Å²) in [6.07, 6.45) is 5.11. The van der Waals surface area contributed by atoms with Gasteiger partial charge in [0.05, 0.1) is 0 Å². The molecule has 0 saturated carbocycles. The first-order valence-electron chi connectivity index (χ1n) is 12.7. The number of benzene rings is 4. The third-order valence-corrected chi connectivity index (χ3v) is 8.34. The lowest BCUT2D eigenvalue weighted by atomic mass is 9.68. The molecule has 2 aliphatic rings. The van der Waals surface area contributed by atoms with Gasteiger partial charge in [0, 0.05) is 5.92 Å². The van der Waals surface area contributed by atoms with Crippen LogP contribution in [-0.2, 0) is 35.9 Å². The van der Waals surface area contributed by atoms with E-state index < -0.39 is 11.4 Å². The van der Waals surface area contributed by atoms with Crippen molar-refractivity contribution in [3.63, 3.8) is 0 Å². The normalized spacial score (nSPS) is 20.4. The van der Waals surface area contributed by atoms with Crippen LogP contribution in [0.25, 0.3) is 0 Å². The molecular weight excluding hydrogens is 428 g/mol. The minimum absolute atomic E-state index is 0.0129. The summed E-state index contributed by atoms with van der Waals surface area (Å²) in [6, 6.07) is 34.0. The van der Waals surface area contributed by atoms with Gasteiger partial charge in [0.15, 0.2) is 0 Å². The Balaban J connectivity index is 1.40. The predicted octanol–water partition coefficient (Wildman–Crippen LogP) is 6.87. The molecule has 0 saturated heterocycles. The maximum atomic E-state index is 13.1. The van der Waals surface area contributed by atoms with Crippen molar-refractivity contribution in [1.29, 1.82) is 0 Å². The van der Waals surface area contributed by atoms with Crippen molar-refractivity contribution in [3.05, 3.63) is 142 Å².